The molecular weight excluding hydrogens is 334 g/mol. The van der Waals surface area contributed by atoms with Gasteiger partial charge in [-0.05, 0) is 38.1 Å². The number of benzene rings is 2. The van der Waals surface area contributed by atoms with Gasteiger partial charge in [0.2, 0.25) is 0 Å². The molecule has 0 saturated carbocycles. The summed E-state index contributed by atoms with van der Waals surface area (Å²) in [6.07, 6.45) is 0. The zero-order valence-electron chi connectivity index (χ0n) is 14.7. The summed E-state index contributed by atoms with van der Waals surface area (Å²) in [7, 11) is 1.59. The van der Waals surface area contributed by atoms with Crippen molar-refractivity contribution in [3.05, 3.63) is 73.8 Å². The minimum Gasteiger partial charge on any atom is -0.496 e. The second-order valence-corrected chi connectivity index (χ2v) is 6.11. The molecule has 0 unspecified atom stereocenters. The van der Waals surface area contributed by atoms with Crippen molar-refractivity contribution >= 4 is 16.9 Å². The summed E-state index contributed by atoms with van der Waals surface area (Å²) in [5.74, 6) is 0.402. The molecule has 0 fully saturated rings. The minimum atomic E-state index is -0.757. The smallest absolute Gasteiger partial charge is 0.314 e. The fourth-order valence-corrected chi connectivity index (χ4v) is 2.81. The first-order valence-corrected chi connectivity index (χ1v) is 8.11. The van der Waals surface area contributed by atoms with Crippen molar-refractivity contribution in [3.63, 3.8) is 0 Å². The number of carbonyl (C=O) groups excluding carboxylic acids is 1. The number of hydrogen-bond acceptors (Lipinski definition) is 4. The average molecular weight is 353 g/mol. The van der Waals surface area contributed by atoms with E-state index in [2.05, 4.69) is 15.3 Å². The van der Waals surface area contributed by atoms with Gasteiger partial charge in [0.15, 0.2) is 0 Å². The van der Waals surface area contributed by atoms with Crippen molar-refractivity contribution in [2.75, 3.05) is 7.11 Å². The molecule has 0 aliphatic rings. The number of aromatic nitrogens is 2. The van der Waals surface area contributed by atoms with Crippen LogP contribution in [0.1, 0.15) is 34.5 Å². The molecule has 0 aliphatic carbocycles. The first kappa shape index (κ1) is 17.5. The predicted octanol–water partition coefficient (Wildman–Crippen LogP) is 2.02. The summed E-state index contributed by atoms with van der Waals surface area (Å²) < 4.78 is 5.37. The molecule has 0 aliphatic heterocycles. The number of rotatable bonds is 4. The molecule has 1 atom stereocenters. The fourth-order valence-electron chi connectivity index (χ4n) is 2.81. The highest BCUT2D eigenvalue weighted by Gasteiger charge is 2.16. The van der Waals surface area contributed by atoms with Crippen molar-refractivity contribution in [1.29, 1.82) is 0 Å². The molecule has 1 heterocycles. The lowest BCUT2D eigenvalue weighted by Crippen LogP contribution is -2.29. The van der Waals surface area contributed by atoms with Gasteiger partial charge in [0.1, 0.15) is 5.75 Å². The van der Waals surface area contributed by atoms with Crippen LogP contribution in [0.4, 0.5) is 0 Å². The van der Waals surface area contributed by atoms with Crippen LogP contribution in [0.3, 0.4) is 0 Å². The van der Waals surface area contributed by atoms with Crippen LogP contribution in [0.5, 0.6) is 5.75 Å². The molecule has 3 aromatic rings. The quantitative estimate of drug-likeness (QED) is 0.624. The minimum absolute atomic E-state index is 0.275. The van der Waals surface area contributed by atoms with Crippen LogP contribution in [0.15, 0.2) is 46.0 Å². The van der Waals surface area contributed by atoms with Gasteiger partial charge in [-0.15, -0.1) is 0 Å². The number of nitrogens with one attached hydrogen (secondary N) is 3. The van der Waals surface area contributed by atoms with E-state index < -0.39 is 11.1 Å². The van der Waals surface area contributed by atoms with Crippen LogP contribution in [0.2, 0.25) is 0 Å². The molecular formula is C19H19N3O4. The van der Waals surface area contributed by atoms with Crippen LogP contribution < -0.4 is 21.2 Å². The Morgan fingerprint density at radius 3 is 2.42 bits per heavy atom. The Morgan fingerprint density at radius 2 is 1.73 bits per heavy atom. The van der Waals surface area contributed by atoms with E-state index in [-0.39, 0.29) is 11.9 Å². The van der Waals surface area contributed by atoms with Gasteiger partial charge in [0, 0.05) is 11.1 Å². The lowest BCUT2D eigenvalue weighted by Gasteiger charge is -2.18. The van der Waals surface area contributed by atoms with Gasteiger partial charge in [0.05, 0.1) is 24.2 Å². The molecule has 7 heteroatoms. The van der Waals surface area contributed by atoms with E-state index >= 15 is 0 Å². The number of hydrogen-bond donors (Lipinski definition) is 3. The van der Waals surface area contributed by atoms with Gasteiger partial charge in [-0.25, -0.2) is 0 Å². The van der Waals surface area contributed by atoms with E-state index in [9.17, 15) is 14.4 Å². The first-order chi connectivity index (χ1) is 12.4. The summed E-state index contributed by atoms with van der Waals surface area (Å²) in [6.45, 7) is 3.84. The number of fused-ring (bicyclic) bond motifs is 1. The maximum atomic E-state index is 12.6. The predicted molar refractivity (Wildman–Crippen MR) is 98.8 cm³/mol. The molecule has 26 heavy (non-hydrogen) atoms. The lowest BCUT2D eigenvalue weighted by molar-refractivity contribution is 0.0939. The number of aromatic amines is 2. The number of carbonyl (C=O) groups is 1. The molecule has 1 amide bonds. The summed E-state index contributed by atoms with van der Waals surface area (Å²) in [6, 6.07) is 10.2. The standard InChI is InChI=1S/C19H19N3O4/c1-10-4-7-16(26-3)13(8-10)11(2)20-17(23)12-5-6-14-15(9-12)22-19(25)18(24)21-14/h4-9,11H,1-3H3,(H,20,23)(H,21,24)(H,22,25)/t11-/m0/s1. The molecule has 0 bridgehead atoms. The SMILES string of the molecule is COc1ccc(C)cc1[C@H](C)NC(=O)c1ccc2[nH]c(=O)c(=O)[nH]c2c1. The van der Waals surface area contributed by atoms with Gasteiger partial charge in [-0.3, -0.25) is 14.4 Å². The third-order valence-electron chi connectivity index (χ3n) is 4.18. The van der Waals surface area contributed by atoms with Crippen LogP contribution in [-0.4, -0.2) is 23.0 Å². The van der Waals surface area contributed by atoms with E-state index in [1.165, 1.54) is 6.07 Å². The zero-order valence-corrected chi connectivity index (χ0v) is 14.7. The summed E-state index contributed by atoms with van der Waals surface area (Å²) >= 11 is 0. The molecule has 0 radical (unpaired) electrons. The molecule has 3 rings (SSSR count). The molecule has 1 aromatic heterocycles. The van der Waals surface area contributed by atoms with Crippen molar-refractivity contribution < 1.29 is 9.53 Å². The van der Waals surface area contributed by atoms with E-state index in [0.717, 1.165) is 11.1 Å². The van der Waals surface area contributed by atoms with Crippen LogP contribution >= 0.6 is 0 Å². The van der Waals surface area contributed by atoms with Crippen LogP contribution in [0, 0.1) is 6.92 Å². The van der Waals surface area contributed by atoms with Crippen LogP contribution in [0.25, 0.3) is 11.0 Å². The van der Waals surface area contributed by atoms with Gasteiger partial charge < -0.3 is 20.0 Å². The Hall–Kier alpha value is -3.35. The maximum absolute atomic E-state index is 12.6. The average Bonchev–Trinajstić information content (AvgIpc) is 2.62. The van der Waals surface area contributed by atoms with Crippen molar-refractivity contribution in [2.24, 2.45) is 0 Å². The number of ether oxygens (including phenoxy) is 1. The van der Waals surface area contributed by atoms with E-state index in [0.29, 0.717) is 22.3 Å². The largest absolute Gasteiger partial charge is 0.496 e. The fraction of sp³-hybridized carbons (Fsp3) is 0.211. The van der Waals surface area contributed by atoms with Crippen molar-refractivity contribution in [2.45, 2.75) is 19.9 Å². The highest BCUT2D eigenvalue weighted by molar-refractivity contribution is 5.97. The lowest BCUT2D eigenvalue weighted by atomic mass is 10.0. The third-order valence-corrected chi connectivity index (χ3v) is 4.18. The third kappa shape index (κ3) is 3.37. The van der Waals surface area contributed by atoms with Gasteiger partial charge in [-0.1, -0.05) is 17.7 Å². The van der Waals surface area contributed by atoms with E-state index in [4.69, 9.17) is 4.74 Å². The van der Waals surface area contributed by atoms with Gasteiger partial charge in [0.25, 0.3) is 5.91 Å². The molecule has 7 nitrogen and oxygen atoms in total. The zero-order chi connectivity index (χ0) is 18.8. The molecule has 134 valence electrons. The molecule has 0 saturated heterocycles. The van der Waals surface area contributed by atoms with Crippen molar-refractivity contribution in [1.82, 2.24) is 15.3 Å². The van der Waals surface area contributed by atoms with Gasteiger partial charge >= 0.3 is 11.1 Å². The Morgan fingerprint density at radius 1 is 1.04 bits per heavy atom. The van der Waals surface area contributed by atoms with Crippen LogP contribution in [-0.2, 0) is 0 Å². The Labute approximate surface area is 149 Å². The Bertz CT molecular complexity index is 1100. The van der Waals surface area contributed by atoms with Crippen molar-refractivity contribution in [3.8, 4) is 5.75 Å². The van der Waals surface area contributed by atoms with E-state index in [1.807, 2.05) is 32.0 Å². The summed E-state index contributed by atoms with van der Waals surface area (Å²) in [5, 5.41) is 2.92. The Kier molecular flexibility index (Phi) is 4.62. The monoisotopic (exact) mass is 353 g/mol. The topological polar surface area (TPSA) is 104 Å². The molecule has 2 aromatic carbocycles. The summed E-state index contributed by atoms with van der Waals surface area (Å²) in [5.41, 5.74) is 1.68. The van der Waals surface area contributed by atoms with Gasteiger partial charge in [-0.2, -0.15) is 0 Å². The maximum Gasteiger partial charge on any atom is 0.314 e. The molecule has 3 N–H and O–H groups in total. The highest BCUT2D eigenvalue weighted by atomic mass is 16.5. The highest BCUT2D eigenvalue weighted by Crippen LogP contribution is 2.26. The summed E-state index contributed by atoms with van der Waals surface area (Å²) in [4.78, 5) is 40.3. The number of amides is 1. The first-order valence-electron chi connectivity index (χ1n) is 8.11. The molecule has 0 spiro atoms. The number of methoxy groups -OCH3 is 1. The van der Waals surface area contributed by atoms with E-state index in [1.54, 1.807) is 19.2 Å². The second kappa shape index (κ2) is 6.87. The Balaban J connectivity index is 1.89. The second-order valence-electron chi connectivity index (χ2n) is 6.11. The normalized spacial score (nSPS) is 12.0. The number of aryl methyl sites for hydroxylation is 1. The number of H-pyrrole nitrogens is 2.